The van der Waals surface area contributed by atoms with Crippen LogP contribution in [0, 0.1) is 0 Å². The van der Waals surface area contributed by atoms with Gasteiger partial charge in [-0.3, -0.25) is 19.2 Å². The van der Waals surface area contributed by atoms with E-state index < -0.39 is 83.4 Å². The highest BCUT2D eigenvalue weighted by Gasteiger charge is 2.47. The lowest BCUT2D eigenvalue weighted by atomic mass is 10.0. The summed E-state index contributed by atoms with van der Waals surface area (Å²) in [6, 6.07) is 0. The van der Waals surface area contributed by atoms with Gasteiger partial charge in [0, 0.05) is 33.6 Å². The first-order valence-electron chi connectivity index (χ1n) is 16.8. The monoisotopic (exact) mass is 716 g/mol. The van der Waals surface area contributed by atoms with Crippen molar-refractivity contribution in [1.29, 1.82) is 0 Å². The highest BCUT2D eigenvalue weighted by molar-refractivity contribution is 6.74. The number of ether oxygens (including phenoxy) is 6. The van der Waals surface area contributed by atoms with Crippen LogP contribution >= 0.6 is 0 Å². The third-order valence-electron chi connectivity index (χ3n) is 9.52. The molecule has 0 spiro atoms. The number of cyclic esters (lactones) is 1. The minimum Gasteiger partial charge on any atom is -0.463 e. The highest BCUT2D eigenvalue weighted by Crippen LogP contribution is 2.40. The maximum absolute atomic E-state index is 13.4. The number of carbonyl (C=O) groups excluding carboxylic acids is 4. The van der Waals surface area contributed by atoms with E-state index in [-0.39, 0.29) is 35.6 Å². The van der Waals surface area contributed by atoms with Crippen molar-refractivity contribution in [3.05, 3.63) is 12.2 Å². The van der Waals surface area contributed by atoms with Crippen molar-refractivity contribution < 1.29 is 56.5 Å². The van der Waals surface area contributed by atoms with Crippen LogP contribution in [0.25, 0.3) is 0 Å². The predicted molar refractivity (Wildman–Crippen MR) is 184 cm³/mol. The normalized spacial score (nSPS) is 30.1. The molecule has 0 bridgehead atoms. The molecule has 0 aromatic carbocycles. The van der Waals surface area contributed by atoms with Crippen molar-refractivity contribution in [2.24, 2.45) is 0 Å². The molecule has 0 aliphatic carbocycles. The summed E-state index contributed by atoms with van der Waals surface area (Å²) in [5, 5.41) is -0.205. The van der Waals surface area contributed by atoms with Gasteiger partial charge in [-0.1, -0.05) is 53.7 Å². The SMILES string of the molecule is CC(=O)OC[C@H]1OC(O[C@H]2CC(=O)O[C@H](C)C[C@H](O[Si](C)(C)C(C)(C)C)/C=C/[C@@H]2O[Si](C)(C)C(C)(C)C)C[C@@H](OC(C)=O)[C@H]1OC(C)=O. The van der Waals surface area contributed by atoms with Crippen molar-refractivity contribution in [1.82, 2.24) is 0 Å². The van der Waals surface area contributed by atoms with E-state index in [1.165, 1.54) is 20.8 Å². The molecule has 0 aromatic rings. The Morgan fingerprint density at radius 1 is 0.812 bits per heavy atom. The molecule has 276 valence electrons. The molecule has 2 aliphatic rings. The molecule has 48 heavy (non-hydrogen) atoms. The molecule has 2 heterocycles. The average molecular weight is 717 g/mol. The Morgan fingerprint density at radius 2 is 1.38 bits per heavy atom. The van der Waals surface area contributed by atoms with Crippen molar-refractivity contribution in [2.45, 2.75) is 174 Å². The molecule has 8 atom stereocenters. The maximum atomic E-state index is 13.4. The van der Waals surface area contributed by atoms with E-state index in [0.29, 0.717) is 6.42 Å². The Kier molecular flexibility index (Phi) is 14.7. The van der Waals surface area contributed by atoms with Gasteiger partial charge in [-0.05, 0) is 43.2 Å². The second kappa shape index (κ2) is 16.7. The van der Waals surface area contributed by atoms with Crippen LogP contribution in [0.5, 0.6) is 0 Å². The van der Waals surface area contributed by atoms with E-state index in [9.17, 15) is 19.2 Å². The van der Waals surface area contributed by atoms with E-state index in [0.717, 1.165) is 0 Å². The standard InChI is InChI=1S/C34H60O12Si2/c1-21-17-25(45-47(11,12)33(5,6)7)15-16-26(46-48(13,14)34(8,9)10)27(18-30(38)40-21)43-31-19-28(41-23(3)36)32(42-24(4)37)29(44-31)20-39-22(2)35/h15-16,21,25-29,31-32H,17-20H2,1-14H3/b16-15+/t21-,25-,26+,27+,28-,29-,31?,32-/m1/s1. The number of carbonyl (C=O) groups is 4. The average Bonchev–Trinajstić information content (AvgIpc) is 2.88. The number of rotatable bonds is 10. The number of hydrogen-bond acceptors (Lipinski definition) is 12. The first-order chi connectivity index (χ1) is 21.8. The van der Waals surface area contributed by atoms with Gasteiger partial charge in [-0.2, -0.15) is 0 Å². The number of esters is 4. The highest BCUT2D eigenvalue weighted by atomic mass is 28.4. The lowest BCUT2D eigenvalue weighted by Crippen LogP contribution is -2.55. The number of hydrogen-bond donors (Lipinski definition) is 0. The Morgan fingerprint density at radius 3 is 1.90 bits per heavy atom. The molecular weight excluding hydrogens is 657 g/mol. The fourth-order valence-corrected chi connectivity index (χ4v) is 7.49. The molecule has 2 aliphatic heterocycles. The van der Waals surface area contributed by atoms with Gasteiger partial charge in [0.25, 0.3) is 0 Å². The van der Waals surface area contributed by atoms with Gasteiger partial charge in [0.15, 0.2) is 29.0 Å². The largest absolute Gasteiger partial charge is 0.463 e. The van der Waals surface area contributed by atoms with Crippen LogP contribution < -0.4 is 0 Å². The lowest BCUT2D eigenvalue weighted by Gasteiger charge is -2.44. The molecule has 1 saturated heterocycles. The van der Waals surface area contributed by atoms with E-state index in [1.54, 1.807) is 0 Å². The first kappa shape index (κ1) is 42.1. The molecule has 0 amide bonds. The molecule has 1 fully saturated rings. The van der Waals surface area contributed by atoms with Crippen LogP contribution in [-0.4, -0.2) is 96.1 Å². The fourth-order valence-electron chi connectivity index (χ4n) is 4.94. The van der Waals surface area contributed by atoms with E-state index in [1.807, 2.05) is 19.1 Å². The van der Waals surface area contributed by atoms with Crippen LogP contribution in [0.3, 0.4) is 0 Å². The summed E-state index contributed by atoms with van der Waals surface area (Å²) in [5.41, 5.74) is 0. The van der Waals surface area contributed by atoms with Gasteiger partial charge in [-0.15, -0.1) is 0 Å². The molecule has 2 rings (SSSR count). The van der Waals surface area contributed by atoms with Crippen LogP contribution in [0.2, 0.25) is 36.3 Å². The molecule has 0 saturated carbocycles. The van der Waals surface area contributed by atoms with Gasteiger partial charge in [0.1, 0.15) is 24.9 Å². The van der Waals surface area contributed by atoms with Crippen LogP contribution in [0.1, 0.15) is 88.5 Å². The van der Waals surface area contributed by atoms with Gasteiger partial charge >= 0.3 is 23.9 Å². The Labute approximate surface area is 289 Å². The maximum Gasteiger partial charge on any atom is 0.308 e. The summed E-state index contributed by atoms with van der Waals surface area (Å²) >= 11 is 0. The zero-order chi connectivity index (χ0) is 36.8. The zero-order valence-corrected chi connectivity index (χ0v) is 33.5. The van der Waals surface area contributed by atoms with E-state index in [2.05, 4.69) is 67.7 Å². The van der Waals surface area contributed by atoms with Crippen molar-refractivity contribution >= 4 is 40.5 Å². The Balaban J connectivity index is 2.58. The smallest absolute Gasteiger partial charge is 0.308 e. The summed E-state index contributed by atoms with van der Waals surface area (Å²) in [6.07, 6.45) is -2.24. The Bertz CT molecular complexity index is 1160. The van der Waals surface area contributed by atoms with E-state index in [4.69, 9.17) is 37.3 Å². The van der Waals surface area contributed by atoms with E-state index >= 15 is 0 Å². The fraction of sp³-hybridized carbons (Fsp3) is 0.824. The first-order valence-corrected chi connectivity index (χ1v) is 22.6. The van der Waals surface area contributed by atoms with Gasteiger partial charge in [0.05, 0.1) is 24.7 Å². The summed E-state index contributed by atoms with van der Waals surface area (Å²) in [4.78, 5) is 49.2. The molecular formula is C34H60O12Si2. The molecule has 0 N–H and O–H groups in total. The minimum absolute atomic E-state index is 0.0241. The predicted octanol–water partition coefficient (Wildman–Crippen LogP) is 5.98. The van der Waals surface area contributed by atoms with Crippen LogP contribution in [-0.2, 0) is 56.5 Å². The lowest BCUT2D eigenvalue weighted by molar-refractivity contribution is -0.281. The van der Waals surface area contributed by atoms with Gasteiger partial charge < -0.3 is 37.3 Å². The molecule has 14 heteroatoms. The summed E-state index contributed by atoms with van der Waals surface area (Å²) in [7, 11) is -4.66. The quantitative estimate of drug-likeness (QED) is 0.114. The molecule has 12 nitrogen and oxygen atoms in total. The van der Waals surface area contributed by atoms with Crippen LogP contribution in [0.4, 0.5) is 0 Å². The summed E-state index contributed by atoms with van der Waals surface area (Å²) in [5.74, 6) is -2.27. The second-order valence-corrected chi connectivity index (χ2v) is 25.4. The van der Waals surface area contributed by atoms with Crippen molar-refractivity contribution in [3.63, 3.8) is 0 Å². The van der Waals surface area contributed by atoms with Gasteiger partial charge in [-0.25, -0.2) is 0 Å². The molecule has 0 aromatic heterocycles. The second-order valence-electron chi connectivity index (χ2n) is 15.9. The summed E-state index contributed by atoms with van der Waals surface area (Å²) < 4.78 is 48.6. The third kappa shape index (κ3) is 12.7. The zero-order valence-electron chi connectivity index (χ0n) is 31.5. The van der Waals surface area contributed by atoms with Crippen LogP contribution in [0.15, 0.2) is 12.2 Å². The third-order valence-corrected chi connectivity index (χ3v) is 18.5. The summed E-state index contributed by atoms with van der Waals surface area (Å²) in [6.45, 7) is 26.8. The van der Waals surface area contributed by atoms with Gasteiger partial charge in [0.2, 0.25) is 0 Å². The molecule has 1 unspecified atom stereocenters. The Hall–Kier alpha value is -2.11. The molecule has 0 radical (unpaired) electrons. The van der Waals surface area contributed by atoms with Crippen molar-refractivity contribution in [3.8, 4) is 0 Å². The topological polar surface area (TPSA) is 142 Å². The minimum atomic E-state index is -2.45. The van der Waals surface area contributed by atoms with Crippen molar-refractivity contribution in [2.75, 3.05) is 6.61 Å².